The summed E-state index contributed by atoms with van der Waals surface area (Å²) in [5, 5.41) is 0. The van der Waals surface area contributed by atoms with E-state index in [0.29, 0.717) is 0 Å². The van der Waals surface area contributed by atoms with Gasteiger partial charge >= 0.3 is 35.8 Å². The van der Waals surface area contributed by atoms with Gasteiger partial charge in [-0.05, 0) is 84.9 Å². The summed E-state index contributed by atoms with van der Waals surface area (Å²) in [6, 6.07) is 16.0. The van der Waals surface area contributed by atoms with E-state index >= 15 is 0 Å². The van der Waals surface area contributed by atoms with Crippen molar-refractivity contribution >= 4 is 35.8 Å². The number of halogens is 4. The first-order chi connectivity index (χ1) is 24.9. The van der Waals surface area contributed by atoms with Crippen molar-refractivity contribution in [2.45, 2.75) is 0 Å². The van der Waals surface area contributed by atoms with Crippen molar-refractivity contribution in [2.75, 3.05) is 0 Å². The largest absolute Gasteiger partial charge is 0.451 e. The minimum Gasteiger partial charge on any atom is -0.451 e. The van der Waals surface area contributed by atoms with E-state index in [4.69, 9.17) is 18.9 Å². The fourth-order valence-electron chi connectivity index (χ4n) is 4.91. The van der Waals surface area contributed by atoms with Crippen molar-refractivity contribution in [1.29, 1.82) is 0 Å². The second-order valence-corrected chi connectivity index (χ2v) is 10.7. The number of ether oxygens (including phenoxy) is 6. The Labute approximate surface area is 286 Å². The van der Waals surface area contributed by atoms with Gasteiger partial charge in [0.25, 0.3) is 0 Å². The number of hydrogen-bond acceptors (Lipinski definition) is 12. The lowest BCUT2D eigenvalue weighted by molar-refractivity contribution is 0.0425. The molecule has 0 atom stereocenters. The van der Waals surface area contributed by atoms with E-state index in [1.807, 2.05) is 0 Å². The topological polar surface area (TPSA) is 158 Å². The van der Waals surface area contributed by atoms with Gasteiger partial charge < -0.3 is 28.4 Å². The Morgan fingerprint density at radius 2 is 0.731 bits per heavy atom. The molecule has 258 valence electrons. The van der Waals surface area contributed by atoms with E-state index in [2.05, 4.69) is 9.47 Å². The smallest absolute Gasteiger partial charge is 0.346 e. The molecule has 5 aromatic rings. The van der Waals surface area contributed by atoms with Crippen LogP contribution in [0.3, 0.4) is 0 Å². The third-order valence-electron chi connectivity index (χ3n) is 7.45. The molecule has 0 bridgehead atoms. The number of fused-ring (bicyclic) bond motifs is 2. The second kappa shape index (κ2) is 12.8. The zero-order valence-electron chi connectivity index (χ0n) is 25.5. The van der Waals surface area contributed by atoms with Crippen LogP contribution in [0.5, 0.6) is 34.5 Å². The molecular weight excluding hydrogens is 700 g/mol. The van der Waals surface area contributed by atoms with Gasteiger partial charge in [0, 0.05) is 0 Å². The summed E-state index contributed by atoms with van der Waals surface area (Å²) in [4.78, 5) is 71.8. The summed E-state index contributed by atoms with van der Waals surface area (Å²) in [6.07, 6.45) is 0. The summed E-state index contributed by atoms with van der Waals surface area (Å²) in [5.41, 5.74) is -0.463. The first kappa shape index (κ1) is 33.2. The fourth-order valence-corrected chi connectivity index (χ4v) is 4.91. The predicted octanol–water partition coefficient (Wildman–Crippen LogP) is 6.89. The van der Waals surface area contributed by atoms with Crippen LogP contribution in [0, 0.1) is 23.3 Å². The maximum absolute atomic E-state index is 15.0. The molecule has 7 rings (SSSR count). The van der Waals surface area contributed by atoms with E-state index in [1.54, 1.807) is 0 Å². The first-order valence-corrected chi connectivity index (χ1v) is 14.5. The van der Waals surface area contributed by atoms with Crippen LogP contribution in [-0.2, 0) is 9.47 Å². The van der Waals surface area contributed by atoms with Crippen LogP contribution in [0.4, 0.5) is 17.6 Å². The van der Waals surface area contributed by atoms with E-state index < -0.39 is 70.6 Å². The summed E-state index contributed by atoms with van der Waals surface area (Å²) in [5.74, 6) is -16.9. The number of carbonyl (C=O) groups is 6. The van der Waals surface area contributed by atoms with Gasteiger partial charge in [-0.1, -0.05) is 0 Å². The summed E-state index contributed by atoms with van der Waals surface area (Å²) in [6.45, 7) is 0. The molecule has 0 aromatic heterocycles. The molecule has 0 aliphatic carbocycles. The number of benzene rings is 5. The zero-order valence-corrected chi connectivity index (χ0v) is 25.5. The Balaban J connectivity index is 1.00. The Morgan fingerprint density at radius 1 is 0.423 bits per heavy atom. The molecule has 0 unspecified atom stereocenters. The van der Waals surface area contributed by atoms with Crippen molar-refractivity contribution in [3.63, 3.8) is 0 Å². The lowest BCUT2D eigenvalue weighted by Gasteiger charge is -2.14. The van der Waals surface area contributed by atoms with Gasteiger partial charge in [-0.3, -0.25) is 0 Å². The minimum atomic E-state index is -1.94. The molecule has 0 amide bonds. The van der Waals surface area contributed by atoms with Gasteiger partial charge in [-0.2, -0.15) is 17.6 Å². The van der Waals surface area contributed by atoms with Crippen molar-refractivity contribution in [3.8, 4) is 34.5 Å². The molecule has 0 spiro atoms. The minimum absolute atomic E-state index is 0.0178. The Bertz CT molecular complexity index is 2210. The Hall–Kier alpha value is -7.36. The number of hydrogen-bond donors (Lipinski definition) is 0. The molecule has 2 heterocycles. The Kier molecular flexibility index (Phi) is 8.18. The highest BCUT2D eigenvalue weighted by molar-refractivity contribution is 6.16. The monoisotopic (exact) mass is 714 g/mol. The van der Waals surface area contributed by atoms with Crippen LogP contribution < -0.4 is 18.9 Å². The molecule has 2 aliphatic heterocycles. The highest BCUT2D eigenvalue weighted by Gasteiger charge is 2.32. The average Bonchev–Trinajstić information content (AvgIpc) is 3.60. The fraction of sp³-hybridized carbons (Fsp3) is 0. The second-order valence-electron chi connectivity index (χ2n) is 10.7. The van der Waals surface area contributed by atoms with Crippen LogP contribution in [0.2, 0.25) is 0 Å². The predicted molar refractivity (Wildman–Crippen MR) is 162 cm³/mol. The van der Waals surface area contributed by atoms with Crippen molar-refractivity contribution in [3.05, 3.63) is 142 Å². The molecule has 16 heteroatoms. The van der Waals surface area contributed by atoms with Crippen LogP contribution in [0.15, 0.2) is 84.9 Å². The number of esters is 6. The number of rotatable bonds is 8. The maximum Gasteiger partial charge on any atom is 0.346 e. The molecule has 5 aromatic carbocycles. The maximum atomic E-state index is 15.0. The van der Waals surface area contributed by atoms with Crippen LogP contribution in [-0.4, -0.2) is 35.8 Å². The third kappa shape index (κ3) is 6.04. The van der Waals surface area contributed by atoms with Gasteiger partial charge in [0.2, 0.25) is 34.8 Å². The van der Waals surface area contributed by atoms with Crippen LogP contribution in [0.1, 0.15) is 62.1 Å². The van der Waals surface area contributed by atoms with Crippen LogP contribution in [0.25, 0.3) is 0 Å². The third-order valence-corrected chi connectivity index (χ3v) is 7.45. The molecule has 0 fully saturated rings. The van der Waals surface area contributed by atoms with Gasteiger partial charge in [0.15, 0.2) is 0 Å². The summed E-state index contributed by atoms with van der Waals surface area (Å²) >= 11 is 0. The van der Waals surface area contributed by atoms with Gasteiger partial charge in [0.1, 0.15) is 23.0 Å². The summed E-state index contributed by atoms with van der Waals surface area (Å²) in [7, 11) is 0. The first-order valence-electron chi connectivity index (χ1n) is 14.5. The lowest BCUT2D eigenvalue weighted by Crippen LogP contribution is -2.09. The molecule has 0 saturated heterocycles. The van der Waals surface area contributed by atoms with Crippen LogP contribution >= 0.6 is 0 Å². The standard InChI is InChI=1S/C36H14F4O12/c37-25-27(39)30(48-18-5-9-20(10-6-18)50-32(42)16-2-12-22-24(14-16)36(46)52-34(22)44)28(40)26(38)29(25)47-17-3-7-19(8-4-17)49-31(41)15-1-11-21-23(13-15)35(45)51-33(21)43/h1-14H. The molecule has 12 nitrogen and oxygen atoms in total. The quantitative estimate of drug-likeness (QED) is 0.0540. The number of cyclic esters (lactones) is 4. The molecule has 0 N–H and O–H groups in total. The van der Waals surface area contributed by atoms with E-state index in [9.17, 15) is 46.3 Å². The van der Waals surface area contributed by atoms with Crippen molar-refractivity contribution < 1.29 is 74.8 Å². The zero-order chi connectivity index (χ0) is 36.8. The average molecular weight is 714 g/mol. The molecule has 52 heavy (non-hydrogen) atoms. The SMILES string of the molecule is O=C(Oc1ccc(Oc2c(F)c(F)c(Oc3ccc(OC(=O)c4ccc5c(c4)C(=O)OC5=O)cc3)c(F)c2F)cc1)c1ccc2c(c1)C(=O)OC2=O. The van der Waals surface area contributed by atoms with E-state index in [-0.39, 0.29) is 56.4 Å². The molecule has 2 aliphatic rings. The summed E-state index contributed by atoms with van der Waals surface area (Å²) < 4.78 is 89.2. The Morgan fingerprint density at radius 3 is 1.08 bits per heavy atom. The molecular formula is C36H14F4O12. The normalized spacial score (nSPS) is 12.8. The molecule has 0 saturated carbocycles. The van der Waals surface area contributed by atoms with Crippen molar-refractivity contribution in [1.82, 2.24) is 0 Å². The number of carbonyl (C=O) groups excluding carboxylic acids is 6. The van der Waals surface area contributed by atoms with Gasteiger partial charge in [-0.25, -0.2) is 28.8 Å². The van der Waals surface area contributed by atoms with Crippen molar-refractivity contribution in [2.24, 2.45) is 0 Å². The van der Waals surface area contributed by atoms with Gasteiger partial charge in [0.05, 0.1) is 33.4 Å². The van der Waals surface area contributed by atoms with E-state index in [1.165, 1.54) is 24.3 Å². The highest BCUT2D eigenvalue weighted by atomic mass is 19.2. The highest BCUT2D eigenvalue weighted by Crippen LogP contribution is 2.39. The van der Waals surface area contributed by atoms with Gasteiger partial charge in [-0.15, -0.1) is 0 Å². The lowest BCUT2D eigenvalue weighted by atomic mass is 10.1. The molecule has 0 radical (unpaired) electrons. The van der Waals surface area contributed by atoms with E-state index in [0.717, 1.165) is 60.7 Å².